The van der Waals surface area contributed by atoms with Gasteiger partial charge in [-0.2, -0.15) is 0 Å². The Hall–Kier alpha value is -0.650. The third kappa shape index (κ3) is 3.15. The van der Waals surface area contributed by atoms with Crippen molar-refractivity contribution in [3.05, 3.63) is 0 Å². The fraction of sp³-hybridized carbons (Fsp3) is 0.900. The molecule has 0 aromatic rings. The lowest BCUT2D eigenvalue weighted by Gasteiger charge is -2.40. The van der Waals surface area contributed by atoms with Gasteiger partial charge in [-0.3, -0.25) is 9.69 Å². The number of nitrogens with two attached hydrogens (primary N) is 1. The highest BCUT2D eigenvalue weighted by molar-refractivity contribution is 5.73. The van der Waals surface area contributed by atoms with E-state index in [1.807, 2.05) is 18.7 Å². The minimum absolute atomic E-state index is 0.0980. The highest BCUT2D eigenvalue weighted by Crippen LogP contribution is 2.16. The number of morpholine rings is 1. The molecule has 5 heteroatoms. The number of nitrogens with zero attached hydrogens (tertiary/aromatic N) is 1. The van der Waals surface area contributed by atoms with Crippen molar-refractivity contribution in [1.82, 2.24) is 4.90 Å². The van der Waals surface area contributed by atoms with E-state index in [9.17, 15) is 4.79 Å². The summed E-state index contributed by atoms with van der Waals surface area (Å²) < 4.78 is 5.46. The Kier molecular flexibility index (Phi) is 4.50. The minimum atomic E-state index is -0.790. The van der Waals surface area contributed by atoms with E-state index in [-0.39, 0.29) is 12.1 Å². The van der Waals surface area contributed by atoms with Crippen LogP contribution < -0.4 is 5.73 Å². The molecule has 1 saturated heterocycles. The molecule has 3 N–H and O–H groups in total. The molecule has 0 saturated carbocycles. The van der Waals surface area contributed by atoms with Crippen LogP contribution in [0.3, 0.4) is 0 Å². The Labute approximate surface area is 90.2 Å². The Morgan fingerprint density at radius 1 is 1.67 bits per heavy atom. The Morgan fingerprint density at radius 3 is 2.87 bits per heavy atom. The second-order valence-corrected chi connectivity index (χ2v) is 4.12. The van der Waals surface area contributed by atoms with Crippen molar-refractivity contribution >= 4 is 5.97 Å². The lowest BCUT2D eigenvalue weighted by molar-refractivity contribution is -0.149. The summed E-state index contributed by atoms with van der Waals surface area (Å²) in [6, 6.07) is -0.329. The van der Waals surface area contributed by atoms with Crippen LogP contribution in [-0.4, -0.2) is 53.9 Å². The van der Waals surface area contributed by atoms with E-state index >= 15 is 0 Å². The maximum absolute atomic E-state index is 11.1. The molecule has 0 spiro atoms. The standard InChI is InChI=1S/C10H20N2O3/c1-7-6-15-8(2)5-12(7)9(3-4-11)10(13)14/h7-9H,3-6,11H2,1-2H3,(H,13,14). The monoisotopic (exact) mass is 216 g/mol. The lowest BCUT2D eigenvalue weighted by Crippen LogP contribution is -2.55. The summed E-state index contributed by atoms with van der Waals surface area (Å²) in [6.07, 6.45) is 0.590. The summed E-state index contributed by atoms with van der Waals surface area (Å²) in [4.78, 5) is 13.1. The van der Waals surface area contributed by atoms with Gasteiger partial charge in [0.05, 0.1) is 12.7 Å². The van der Waals surface area contributed by atoms with Crippen molar-refractivity contribution in [3.8, 4) is 0 Å². The molecule has 1 fully saturated rings. The zero-order chi connectivity index (χ0) is 11.4. The molecule has 3 unspecified atom stereocenters. The van der Waals surface area contributed by atoms with Crippen molar-refractivity contribution < 1.29 is 14.6 Å². The molecule has 88 valence electrons. The summed E-state index contributed by atoms with van der Waals surface area (Å²) in [5.74, 6) is -0.790. The number of carboxylic acid groups (broad SMARTS) is 1. The average Bonchev–Trinajstić information content (AvgIpc) is 2.18. The molecule has 1 rings (SSSR count). The van der Waals surface area contributed by atoms with Crippen LogP contribution in [0.15, 0.2) is 0 Å². The van der Waals surface area contributed by atoms with Gasteiger partial charge in [0.15, 0.2) is 0 Å². The molecule has 15 heavy (non-hydrogen) atoms. The number of aliphatic carboxylic acids is 1. The largest absolute Gasteiger partial charge is 0.480 e. The number of carbonyl (C=O) groups is 1. The minimum Gasteiger partial charge on any atom is -0.480 e. The molecule has 0 aromatic heterocycles. The van der Waals surface area contributed by atoms with Crippen LogP contribution in [0, 0.1) is 0 Å². The topological polar surface area (TPSA) is 75.8 Å². The van der Waals surface area contributed by atoms with Crippen LogP contribution >= 0.6 is 0 Å². The average molecular weight is 216 g/mol. The van der Waals surface area contributed by atoms with E-state index in [0.29, 0.717) is 26.1 Å². The molecule has 0 aliphatic carbocycles. The summed E-state index contributed by atoms with van der Waals surface area (Å²) in [6.45, 7) is 5.60. The first-order chi connectivity index (χ1) is 7.06. The van der Waals surface area contributed by atoms with E-state index in [0.717, 1.165) is 0 Å². The van der Waals surface area contributed by atoms with Gasteiger partial charge in [-0.15, -0.1) is 0 Å². The number of ether oxygens (including phenoxy) is 1. The molecule has 0 bridgehead atoms. The maximum atomic E-state index is 11.1. The van der Waals surface area contributed by atoms with E-state index < -0.39 is 12.0 Å². The van der Waals surface area contributed by atoms with E-state index in [4.69, 9.17) is 15.6 Å². The van der Waals surface area contributed by atoms with Gasteiger partial charge in [-0.1, -0.05) is 0 Å². The first kappa shape index (κ1) is 12.4. The molecule has 0 amide bonds. The van der Waals surface area contributed by atoms with Crippen LogP contribution in [0.5, 0.6) is 0 Å². The van der Waals surface area contributed by atoms with Crippen molar-refractivity contribution in [2.45, 2.75) is 38.5 Å². The predicted molar refractivity (Wildman–Crippen MR) is 56.7 cm³/mol. The second kappa shape index (κ2) is 5.44. The van der Waals surface area contributed by atoms with Crippen molar-refractivity contribution in [2.75, 3.05) is 19.7 Å². The summed E-state index contributed by atoms with van der Waals surface area (Å²) >= 11 is 0. The lowest BCUT2D eigenvalue weighted by atomic mass is 10.1. The SMILES string of the molecule is CC1CN(C(CCN)C(=O)O)C(C)CO1. The molecule has 1 aliphatic heterocycles. The summed E-state index contributed by atoms with van der Waals surface area (Å²) in [5, 5.41) is 9.12. The summed E-state index contributed by atoms with van der Waals surface area (Å²) in [7, 11) is 0. The van der Waals surface area contributed by atoms with Gasteiger partial charge >= 0.3 is 5.97 Å². The van der Waals surface area contributed by atoms with Crippen LogP contribution in [0.4, 0.5) is 0 Å². The molecular formula is C10H20N2O3. The van der Waals surface area contributed by atoms with E-state index in [2.05, 4.69) is 0 Å². The fourth-order valence-corrected chi connectivity index (χ4v) is 1.95. The van der Waals surface area contributed by atoms with Crippen LogP contribution in [0.25, 0.3) is 0 Å². The Balaban J connectivity index is 2.67. The third-order valence-electron chi connectivity index (χ3n) is 2.78. The Bertz CT molecular complexity index is 223. The van der Waals surface area contributed by atoms with Gasteiger partial charge in [0, 0.05) is 12.6 Å². The first-order valence-electron chi connectivity index (χ1n) is 5.36. The quantitative estimate of drug-likeness (QED) is 0.686. The van der Waals surface area contributed by atoms with Gasteiger partial charge < -0.3 is 15.6 Å². The highest BCUT2D eigenvalue weighted by Gasteiger charge is 2.33. The van der Waals surface area contributed by atoms with Gasteiger partial charge in [0.2, 0.25) is 0 Å². The predicted octanol–water partition coefficient (Wildman–Crippen LogP) is -0.102. The van der Waals surface area contributed by atoms with Crippen molar-refractivity contribution in [2.24, 2.45) is 5.73 Å². The summed E-state index contributed by atoms with van der Waals surface area (Å²) in [5.41, 5.74) is 5.43. The first-order valence-corrected chi connectivity index (χ1v) is 5.36. The molecule has 0 aromatic carbocycles. The smallest absolute Gasteiger partial charge is 0.320 e. The zero-order valence-electron chi connectivity index (χ0n) is 9.35. The van der Waals surface area contributed by atoms with Crippen LogP contribution in [-0.2, 0) is 9.53 Å². The molecule has 1 heterocycles. The molecule has 1 aliphatic rings. The van der Waals surface area contributed by atoms with Gasteiger partial charge in [-0.25, -0.2) is 0 Å². The molecular weight excluding hydrogens is 196 g/mol. The Morgan fingerprint density at radius 2 is 2.33 bits per heavy atom. The van der Waals surface area contributed by atoms with E-state index in [1.54, 1.807) is 0 Å². The van der Waals surface area contributed by atoms with Gasteiger partial charge in [0.1, 0.15) is 6.04 Å². The number of hydrogen-bond donors (Lipinski definition) is 2. The fourth-order valence-electron chi connectivity index (χ4n) is 1.95. The molecule has 5 nitrogen and oxygen atoms in total. The number of carboxylic acids is 1. The molecule has 0 radical (unpaired) electrons. The van der Waals surface area contributed by atoms with Gasteiger partial charge in [0.25, 0.3) is 0 Å². The highest BCUT2D eigenvalue weighted by atomic mass is 16.5. The molecule has 3 atom stereocenters. The number of rotatable bonds is 4. The normalized spacial score (nSPS) is 30.1. The van der Waals surface area contributed by atoms with Gasteiger partial charge in [-0.05, 0) is 26.8 Å². The van der Waals surface area contributed by atoms with E-state index in [1.165, 1.54) is 0 Å². The van der Waals surface area contributed by atoms with Crippen molar-refractivity contribution in [1.29, 1.82) is 0 Å². The van der Waals surface area contributed by atoms with Crippen molar-refractivity contribution in [3.63, 3.8) is 0 Å². The second-order valence-electron chi connectivity index (χ2n) is 4.12. The zero-order valence-corrected chi connectivity index (χ0v) is 9.35. The van der Waals surface area contributed by atoms with Crippen LogP contribution in [0.2, 0.25) is 0 Å². The number of hydrogen-bond acceptors (Lipinski definition) is 4. The van der Waals surface area contributed by atoms with Crippen LogP contribution in [0.1, 0.15) is 20.3 Å². The maximum Gasteiger partial charge on any atom is 0.320 e. The third-order valence-corrected chi connectivity index (χ3v) is 2.78.